The lowest BCUT2D eigenvalue weighted by Gasteiger charge is -2.34. The summed E-state index contributed by atoms with van der Waals surface area (Å²) in [6, 6.07) is 18.0. The summed E-state index contributed by atoms with van der Waals surface area (Å²) in [5.41, 5.74) is 3.26. The average molecular weight is 249 g/mol. The van der Waals surface area contributed by atoms with Crippen LogP contribution < -0.4 is 4.90 Å². The van der Waals surface area contributed by atoms with Crippen LogP contribution in [0, 0.1) is 0 Å². The molecule has 0 radical (unpaired) electrons. The SMILES string of the molecule is CC(=O)C1C=Cc2ccccc2N1c1ccccc1. The highest BCUT2D eigenvalue weighted by atomic mass is 16.1. The molecule has 0 N–H and O–H groups in total. The number of Topliss-reactive ketones (excluding diaryl/α,β-unsaturated/α-hetero) is 1. The third-order valence-corrected chi connectivity index (χ3v) is 3.38. The van der Waals surface area contributed by atoms with Gasteiger partial charge in [0.15, 0.2) is 5.78 Å². The second kappa shape index (κ2) is 4.73. The first-order valence-electron chi connectivity index (χ1n) is 6.39. The molecule has 3 rings (SSSR count). The number of anilines is 2. The van der Waals surface area contributed by atoms with E-state index in [0.717, 1.165) is 16.9 Å². The number of fused-ring (bicyclic) bond motifs is 1. The molecule has 0 bridgehead atoms. The molecule has 19 heavy (non-hydrogen) atoms. The highest BCUT2D eigenvalue weighted by molar-refractivity contribution is 5.94. The van der Waals surface area contributed by atoms with E-state index >= 15 is 0 Å². The van der Waals surface area contributed by atoms with E-state index in [4.69, 9.17) is 0 Å². The summed E-state index contributed by atoms with van der Waals surface area (Å²) in [6.45, 7) is 1.64. The summed E-state index contributed by atoms with van der Waals surface area (Å²) in [4.78, 5) is 14.0. The summed E-state index contributed by atoms with van der Waals surface area (Å²) < 4.78 is 0. The van der Waals surface area contributed by atoms with Crippen LogP contribution in [0.2, 0.25) is 0 Å². The lowest BCUT2D eigenvalue weighted by Crippen LogP contribution is -2.37. The summed E-state index contributed by atoms with van der Waals surface area (Å²) in [6.07, 6.45) is 4.00. The number of rotatable bonds is 2. The van der Waals surface area contributed by atoms with Crippen LogP contribution >= 0.6 is 0 Å². The predicted octanol–water partition coefficient (Wildman–Crippen LogP) is 3.81. The topological polar surface area (TPSA) is 20.3 Å². The van der Waals surface area contributed by atoms with Crippen LogP contribution in [0.1, 0.15) is 12.5 Å². The Bertz CT molecular complexity index is 631. The van der Waals surface area contributed by atoms with Crippen molar-refractivity contribution >= 4 is 23.2 Å². The van der Waals surface area contributed by atoms with Gasteiger partial charge in [-0.1, -0.05) is 48.6 Å². The molecule has 2 nitrogen and oxygen atoms in total. The lowest BCUT2D eigenvalue weighted by molar-refractivity contribution is -0.117. The van der Waals surface area contributed by atoms with Gasteiger partial charge in [-0.25, -0.2) is 0 Å². The maximum atomic E-state index is 11.9. The first kappa shape index (κ1) is 11.7. The van der Waals surface area contributed by atoms with Gasteiger partial charge in [-0.15, -0.1) is 0 Å². The fourth-order valence-corrected chi connectivity index (χ4v) is 2.48. The highest BCUT2D eigenvalue weighted by Gasteiger charge is 2.26. The van der Waals surface area contributed by atoms with Crippen molar-refractivity contribution in [1.29, 1.82) is 0 Å². The van der Waals surface area contributed by atoms with Gasteiger partial charge in [-0.05, 0) is 30.7 Å². The molecule has 0 amide bonds. The fraction of sp³-hybridized carbons (Fsp3) is 0.118. The third-order valence-electron chi connectivity index (χ3n) is 3.38. The number of benzene rings is 2. The van der Waals surface area contributed by atoms with Gasteiger partial charge in [0.1, 0.15) is 6.04 Å². The van der Waals surface area contributed by atoms with Crippen molar-refractivity contribution in [2.45, 2.75) is 13.0 Å². The lowest BCUT2D eigenvalue weighted by atomic mass is 9.99. The number of carbonyl (C=O) groups is 1. The molecule has 1 aliphatic rings. The number of hydrogen-bond donors (Lipinski definition) is 0. The zero-order valence-electron chi connectivity index (χ0n) is 10.8. The van der Waals surface area contributed by atoms with Gasteiger partial charge in [-0.2, -0.15) is 0 Å². The maximum absolute atomic E-state index is 11.9. The molecule has 94 valence electrons. The first-order chi connectivity index (χ1) is 9.27. The quantitative estimate of drug-likeness (QED) is 0.806. The van der Waals surface area contributed by atoms with Gasteiger partial charge in [-0.3, -0.25) is 4.79 Å². The average Bonchev–Trinajstić information content (AvgIpc) is 2.46. The Labute approximate surface area is 113 Å². The van der Waals surface area contributed by atoms with E-state index in [1.807, 2.05) is 54.6 Å². The normalized spacial score (nSPS) is 17.1. The standard InChI is InChI=1S/C17H15NO/c1-13(19)16-12-11-14-7-5-6-10-17(14)18(16)15-8-3-2-4-9-15/h2-12,16H,1H3. The van der Waals surface area contributed by atoms with Crippen molar-refractivity contribution in [2.24, 2.45) is 0 Å². The molecule has 1 unspecified atom stereocenters. The minimum absolute atomic E-state index is 0.148. The molecule has 0 fully saturated rings. The zero-order valence-corrected chi connectivity index (χ0v) is 10.8. The Kier molecular flexibility index (Phi) is 2.92. The predicted molar refractivity (Wildman–Crippen MR) is 78.5 cm³/mol. The van der Waals surface area contributed by atoms with E-state index in [2.05, 4.69) is 17.0 Å². The van der Waals surface area contributed by atoms with Gasteiger partial charge in [0, 0.05) is 11.4 Å². The summed E-state index contributed by atoms with van der Waals surface area (Å²) >= 11 is 0. The van der Waals surface area contributed by atoms with Crippen molar-refractivity contribution in [3.8, 4) is 0 Å². The Balaban J connectivity index is 2.16. The molecule has 0 saturated carbocycles. The molecular formula is C17H15NO. The fourth-order valence-electron chi connectivity index (χ4n) is 2.48. The molecule has 1 heterocycles. The van der Waals surface area contributed by atoms with Crippen LogP contribution in [0.25, 0.3) is 6.08 Å². The van der Waals surface area contributed by atoms with E-state index < -0.39 is 0 Å². The minimum Gasteiger partial charge on any atom is -0.327 e. The van der Waals surface area contributed by atoms with Crippen LogP contribution in [0.15, 0.2) is 60.7 Å². The van der Waals surface area contributed by atoms with Crippen LogP contribution in [0.3, 0.4) is 0 Å². The van der Waals surface area contributed by atoms with E-state index in [-0.39, 0.29) is 11.8 Å². The zero-order chi connectivity index (χ0) is 13.2. The number of nitrogens with zero attached hydrogens (tertiary/aromatic N) is 1. The maximum Gasteiger partial charge on any atom is 0.156 e. The van der Waals surface area contributed by atoms with Crippen molar-refractivity contribution in [3.05, 3.63) is 66.2 Å². The summed E-state index contributed by atoms with van der Waals surface area (Å²) in [5, 5.41) is 0. The van der Waals surface area contributed by atoms with Crippen molar-refractivity contribution in [1.82, 2.24) is 0 Å². The molecule has 1 atom stereocenters. The molecule has 0 aromatic heterocycles. The molecule has 1 aliphatic heterocycles. The Morgan fingerprint density at radius 3 is 2.42 bits per heavy atom. The van der Waals surface area contributed by atoms with Crippen LogP contribution in [-0.4, -0.2) is 11.8 Å². The summed E-state index contributed by atoms with van der Waals surface area (Å²) in [7, 11) is 0. The van der Waals surface area contributed by atoms with Crippen molar-refractivity contribution in [3.63, 3.8) is 0 Å². The molecule has 2 aromatic carbocycles. The molecular weight excluding hydrogens is 234 g/mol. The second-order valence-corrected chi connectivity index (χ2v) is 4.68. The van der Waals surface area contributed by atoms with Gasteiger partial charge >= 0.3 is 0 Å². The van der Waals surface area contributed by atoms with Crippen LogP contribution in [-0.2, 0) is 4.79 Å². The summed E-state index contributed by atoms with van der Waals surface area (Å²) in [5.74, 6) is 0.148. The molecule has 0 aliphatic carbocycles. The molecule has 2 aromatic rings. The van der Waals surface area contributed by atoms with E-state index in [9.17, 15) is 4.79 Å². The van der Waals surface area contributed by atoms with Gasteiger partial charge < -0.3 is 4.90 Å². The largest absolute Gasteiger partial charge is 0.327 e. The van der Waals surface area contributed by atoms with Gasteiger partial charge in [0.05, 0.1) is 0 Å². The molecule has 0 spiro atoms. The van der Waals surface area contributed by atoms with Gasteiger partial charge in [0.2, 0.25) is 0 Å². The van der Waals surface area contributed by atoms with E-state index in [0.29, 0.717) is 0 Å². The molecule has 2 heteroatoms. The van der Waals surface area contributed by atoms with Crippen molar-refractivity contribution in [2.75, 3.05) is 4.90 Å². The van der Waals surface area contributed by atoms with Crippen LogP contribution in [0.4, 0.5) is 11.4 Å². The number of carbonyl (C=O) groups excluding carboxylic acids is 1. The van der Waals surface area contributed by atoms with Gasteiger partial charge in [0.25, 0.3) is 0 Å². The highest BCUT2D eigenvalue weighted by Crippen LogP contribution is 2.35. The minimum atomic E-state index is -0.225. The van der Waals surface area contributed by atoms with Crippen molar-refractivity contribution < 1.29 is 4.79 Å². The number of para-hydroxylation sites is 2. The molecule has 0 saturated heterocycles. The Morgan fingerprint density at radius 2 is 1.68 bits per heavy atom. The smallest absolute Gasteiger partial charge is 0.156 e. The van der Waals surface area contributed by atoms with Crippen LogP contribution in [0.5, 0.6) is 0 Å². The monoisotopic (exact) mass is 249 g/mol. The van der Waals surface area contributed by atoms with E-state index in [1.165, 1.54) is 0 Å². The number of ketones is 1. The second-order valence-electron chi connectivity index (χ2n) is 4.68. The number of hydrogen-bond acceptors (Lipinski definition) is 2. The third kappa shape index (κ3) is 2.06. The Hall–Kier alpha value is -2.35. The Morgan fingerprint density at radius 1 is 1.00 bits per heavy atom. The first-order valence-corrected chi connectivity index (χ1v) is 6.39. The van der Waals surface area contributed by atoms with E-state index in [1.54, 1.807) is 6.92 Å².